The third kappa shape index (κ3) is 4.32. The lowest BCUT2D eigenvalue weighted by Crippen LogP contribution is -2.33. The molecule has 2 aliphatic heterocycles. The molecule has 32 heavy (non-hydrogen) atoms. The van der Waals surface area contributed by atoms with Crippen molar-refractivity contribution in [3.8, 4) is 11.5 Å². The first-order chi connectivity index (χ1) is 15.7. The van der Waals surface area contributed by atoms with Crippen LogP contribution in [0.15, 0.2) is 59.3 Å². The summed E-state index contributed by atoms with van der Waals surface area (Å²) in [6.45, 7) is 1.35. The van der Waals surface area contributed by atoms with Gasteiger partial charge >= 0.3 is 0 Å². The second kappa shape index (κ2) is 9.02. The van der Waals surface area contributed by atoms with Crippen molar-refractivity contribution in [1.29, 1.82) is 0 Å². The van der Waals surface area contributed by atoms with Gasteiger partial charge in [-0.2, -0.15) is 11.3 Å². The van der Waals surface area contributed by atoms with Crippen LogP contribution < -0.4 is 20.1 Å². The predicted molar refractivity (Wildman–Crippen MR) is 123 cm³/mol. The molecule has 2 N–H and O–H groups in total. The SMILES string of the molecule is O=C(CN1CCCC1c1ccsc1)Nc1ccccc1C(=O)Nc1ccc2c(c1)OCO2. The molecule has 2 aromatic carbocycles. The van der Waals surface area contributed by atoms with E-state index in [9.17, 15) is 9.59 Å². The Bertz CT molecular complexity index is 1130. The fourth-order valence-electron chi connectivity index (χ4n) is 4.19. The van der Waals surface area contributed by atoms with Crippen LogP contribution in [0.25, 0.3) is 0 Å². The van der Waals surface area contributed by atoms with Gasteiger partial charge in [-0.1, -0.05) is 12.1 Å². The van der Waals surface area contributed by atoms with E-state index < -0.39 is 0 Å². The van der Waals surface area contributed by atoms with E-state index in [2.05, 4.69) is 32.4 Å². The zero-order valence-electron chi connectivity index (χ0n) is 17.4. The Morgan fingerprint density at radius 2 is 1.94 bits per heavy atom. The molecule has 1 fully saturated rings. The number of anilines is 2. The van der Waals surface area contributed by atoms with Crippen molar-refractivity contribution in [3.63, 3.8) is 0 Å². The van der Waals surface area contributed by atoms with Crippen LogP contribution in [0.3, 0.4) is 0 Å². The van der Waals surface area contributed by atoms with Gasteiger partial charge in [-0.3, -0.25) is 14.5 Å². The van der Waals surface area contributed by atoms with Crippen LogP contribution in [0.5, 0.6) is 11.5 Å². The predicted octanol–water partition coefficient (Wildman–Crippen LogP) is 4.50. The third-order valence-electron chi connectivity index (χ3n) is 5.71. The number of thiophene rings is 1. The van der Waals surface area contributed by atoms with Crippen LogP contribution >= 0.6 is 11.3 Å². The summed E-state index contributed by atoms with van der Waals surface area (Å²) in [5.74, 6) is 0.807. The van der Waals surface area contributed by atoms with E-state index in [1.165, 1.54) is 5.56 Å². The first kappa shape index (κ1) is 20.5. The Hall–Kier alpha value is -3.36. The molecule has 7 nitrogen and oxygen atoms in total. The van der Waals surface area contributed by atoms with E-state index >= 15 is 0 Å². The Morgan fingerprint density at radius 1 is 1.06 bits per heavy atom. The monoisotopic (exact) mass is 449 g/mol. The zero-order chi connectivity index (χ0) is 21.9. The first-order valence-corrected chi connectivity index (χ1v) is 11.5. The molecule has 0 saturated carbocycles. The number of carbonyl (C=O) groups excluding carboxylic acids is 2. The molecule has 3 heterocycles. The van der Waals surface area contributed by atoms with Gasteiger partial charge in [0.25, 0.3) is 5.91 Å². The van der Waals surface area contributed by atoms with Crippen molar-refractivity contribution in [2.24, 2.45) is 0 Å². The van der Waals surface area contributed by atoms with Crippen molar-refractivity contribution >= 4 is 34.5 Å². The average Bonchev–Trinajstić information content (AvgIpc) is 3.55. The molecule has 0 bridgehead atoms. The van der Waals surface area contributed by atoms with Gasteiger partial charge in [-0.15, -0.1) is 0 Å². The number of hydrogen-bond donors (Lipinski definition) is 2. The van der Waals surface area contributed by atoms with Gasteiger partial charge in [0.2, 0.25) is 12.7 Å². The van der Waals surface area contributed by atoms with Gasteiger partial charge in [0.15, 0.2) is 11.5 Å². The summed E-state index contributed by atoms with van der Waals surface area (Å²) < 4.78 is 10.7. The largest absolute Gasteiger partial charge is 0.454 e. The minimum Gasteiger partial charge on any atom is -0.454 e. The van der Waals surface area contributed by atoms with E-state index in [0.717, 1.165) is 19.4 Å². The number of benzene rings is 2. The Morgan fingerprint density at radius 3 is 2.81 bits per heavy atom. The summed E-state index contributed by atoms with van der Waals surface area (Å²) in [4.78, 5) is 28.0. The van der Waals surface area contributed by atoms with Gasteiger partial charge < -0.3 is 20.1 Å². The number of likely N-dealkylation sites (tertiary alicyclic amines) is 1. The van der Waals surface area contributed by atoms with Crippen LogP contribution in [-0.4, -0.2) is 36.6 Å². The molecule has 5 rings (SSSR count). The molecule has 1 atom stereocenters. The number of ether oxygens (including phenoxy) is 2. The van der Waals surface area contributed by atoms with Crippen LogP contribution in [-0.2, 0) is 4.79 Å². The summed E-state index contributed by atoms with van der Waals surface area (Å²) in [5, 5.41) is 10.0. The highest BCUT2D eigenvalue weighted by Crippen LogP contribution is 2.35. The maximum atomic E-state index is 12.9. The molecule has 2 aliphatic rings. The fraction of sp³-hybridized carbons (Fsp3) is 0.250. The molecule has 1 aromatic heterocycles. The fourth-order valence-corrected chi connectivity index (χ4v) is 4.90. The van der Waals surface area contributed by atoms with E-state index in [-0.39, 0.29) is 24.6 Å². The number of hydrogen-bond acceptors (Lipinski definition) is 6. The van der Waals surface area contributed by atoms with E-state index in [0.29, 0.717) is 35.0 Å². The summed E-state index contributed by atoms with van der Waals surface area (Å²) >= 11 is 1.68. The average molecular weight is 450 g/mol. The second-order valence-corrected chi connectivity index (χ2v) is 8.58. The Labute approximate surface area is 190 Å². The van der Waals surface area contributed by atoms with E-state index in [1.54, 1.807) is 53.8 Å². The second-order valence-electron chi connectivity index (χ2n) is 7.80. The molecule has 2 amide bonds. The Balaban J connectivity index is 1.26. The number of carbonyl (C=O) groups is 2. The highest BCUT2D eigenvalue weighted by molar-refractivity contribution is 7.08. The molecule has 0 radical (unpaired) electrons. The molecule has 0 aliphatic carbocycles. The summed E-state index contributed by atoms with van der Waals surface area (Å²) in [6.07, 6.45) is 2.13. The molecular weight excluding hydrogens is 426 g/mol. The van der Waals surface area contributed by atoms with Crippen molar-refractivity contribution in [2.75, 3.05) is 30.5 Å². The molecular formula is C24H23N3O4S. The molecule has 3 aromatic rings. The van der Waals surface area contributed by atoms with Crippen LogP contribution in [0, 0.1) is 0 Å². The maximum absolute atomic E-state index is 12.9. The van der Waals surface area contributed by atoms with Crippen LogP contribution in [0.1, 0.15) is 34.8 Å². The summed E-state index contributed by atoms with van der Waals surface area (Å²) in [6, 6.07) is 14.6. The van der Waals surface area contributed by atoms with E-state index in [1.807, 2.05) is 0 Å². The van der Waals surface area contributed by atoms with Gasteiger partial charge in [0.05, 0.1) is 17.8 Å². The van der Waals surface area contributed by atoms with Gasteiger partial charge in [0.1, 0.15) is 0 Å². The number of rotatable bonds is 6. The number of amides is 2. The lowest BCUT2D eigenvalue weighted by molar-refractivity contribution is -0.117. The lowest BCUT2D eigenvalue weighted by Gasteiger charge is -2.23. The summed E-state index contributed by atoms with van der Waals surface area (Å²) in [5.41, 5.74) is 2.75. The highest BCUT2D eigenvalue weighted by Gasteiger charge is 2.28. The van der Waals surface area contributed by atoms with Crippen LogP contribution in [0.2, 0.25) is 0 Å². The van der Waals surface area contributed by atoms with Crippen LogP contribution in [0.4, 0.5) is 11.4 Å². The normalized spacial score (nSPS) is 17.3. The highest BCUT2D eigenvalue weighted by atomic mass is 32.1. The lowest BCUT2D eigenvalue weighted by atomic mass is 10.1. The minimum absolute atomic E-state index is 0.129. The molecule has 164 valence electrons. The van der Waals surface area contributed by atoms with E-state index in [4.69, 9.17) is 9.47 Å². The summed E-state index contributed by atoms with van der Waals surface area (Å²) in [7, 11) is 0. The Kier molecular flexibility index (Phi) is 5.79. The first-order valence-electron chi connectivity index (χ1n) is 10.5. The molecule has 1 saturated heterocycles. The standard InChI is InChI=1S/C24H23N3O4S/c28-23(13-27-10-3-6-20(27)16-9-11-32-14-16)26-19-5-2-1-4-18(19)24(29)25-17-7-8-21-22(12-17)31-15-30-21/h1-2,4-5,7-9,11-12,14,20H,3,6,10,13,15H2,(H,25,29)(H,26,28). The number of nitrogens with zero attached hydrogens (tertiary/aromatic N) is 1. The number of nitrogens with one attached hydrogen (secondary N) is 2. The molecule has 8 heteroatoms. The van der Waals surface area contributed by atoms with Gasteiger partial charge in [-0.25, -0.2) is 0 Å². The molecule has 0 spiro atoms. The van der Waals surface area contributed by atoms with Crippen molar-refractivity contribution in [2.45, 2.75) is 18.9 Å². The number of fused-ring (bicyclic) bond motifs is 1. The number of para-hydroxylation sites is 1. The third-order valence-corrected chi connectivity index (χ3v) is 6.42. The topological polar surface area (TPSA) is 79.9 Å². The maximum Gasteiger partial charge on any atom is 0.257 e. The quantitative estimate of drug-likeness (QED) is 0.579. The minimum atomic E-state index is -0.308. The van der Waals surface area contributed by atoms with Crippen molar-refractivity contribution in [1.82, 2.24) is 4.90 Å². The van der Waals surface area contributed by atoms with Crippen molar-refractivity contribution < 1.29 is 19.1 Å². The molecule has 1 unspecified atom stereocenters. The van der Waals surface area contributed by atoms with Gasteiger partial charge in [-0.05, 0) is 66.0 Å². The zero-order valence-corrected chi connectivity index (χ0v) is 18.2. The van der Waals surface area contributed by atoms with Crippen molar-refractivity contribution in [3.05, 3.63) is 70.4 Å². The smallest absolute Gasteiger partial charge is 0.257 e. The van der Waals surface area contributed by atoms with Gasteiger partial charge in [0, 0.05) is 17.8 Å².